The third-order valence-electron chi connectivity index (χ3n) is 4.12. The molecule has 1 saturated heterocycles. The van der Waals surface area contributed by atoms with Crippen LogP contribution in [0.4, 0.5) is 5.69 Å². The molecule has 5 heteroatoms. The highest BCUT2D eigenvalue weighted by atomic mass is 35.5. The van der Waals surface area contributed by atoms with E-state index < -0.39 is 0 Å². The monoisotopic (exact) mass is 296 g/mol. The van der Waals surface area contributed by atoms with Crippen molar-refractivity contribution in [1.29, 1.82) is 0 Å². The first-order valence-electron chi connectivity index (χ1n) is 7.13. The fourth-order valence-electron chi connectivity index (χ4n) is 2.86. The molecule has 2 aliphatic rings. The molecule has 1 heterocycles. The number of methoxy groups -OCH3 is 2. The Morgan fingerprint density at radius 1 is 1.15 bits per heavy atom. The Kier molecular flexibility index (Phi) is 3.94. The lowest BCUT2D eigenvalue weighted by atomic mass is 10.2. The average Bonchev–Trinajstić information content (AvgIpc) is 3.21. The third kappa shape index (κ3) is 2.81. The van der Waals surface area contributed by atoms with Crippen LogP contribution in [0, 0.1) is 0 Å². The van der Waals surface area contributed by atoms with Crippen molar-refractivity contribution in [2.45, 2.75) is 31.3 Å². The first kappa shape index (κ1) is 13.8. The molecule has 2 fully saturated rings. The number of hydrogen-bond acceptors (Lipinski definition) is 4. The fraction of sp³-hybridized carbons (Fsp3) is 0.600. The Bertz CT molecular complexity index is 491. The molecule has 1 aromatic rings. The van der Waals surface area contributed by atoms with Gasteiger partial charge in [0.2, 0.25) is 0 Å². The second kappa shape index (κ2) is 5.70. The molecule has 0 aromatic heterocycles. The van der Waals surface area contributed by atoms with E-state index in [9.17, 15) is 0 Å². The van der Waals surface area contributed by atoms with Gasteiger partial charge in [-0.2, -0.15) is 0 Å². The number of rotatable bonds is 5. The normalized spacial score (nSPS) is 22.9. The molecular formula is C15H21ClN2O2. The van der Waals surface area contributed by atoms with Crippen molar-refractivity contribution in [2.24, 2.45) is 0 Å². The number of halogens is 1. The van der Waals surface area contributed by atoms with E-state index in [1.165, 1.54) is 25.8 Å². The van der Waals surface area contributed by atoms with Crippen LogP contribution in [-0.4, -0.2) is 44.3 Å². The number of nitrogens with one attached hydrogen (secondary N) is 1. The van der Waals surface area contributed by atoms with Crippen LogP contribution in [0.5, 0.6) is 11.5 Å². The molecule has 0 amide bonds. The zero-order valence-corrected chi connectivity index (χ0v) is 12.7. The number of benzene rings is 1. The van der Waals surface area contributed by atoms with Crippen molar-refractivity contribution in [1.82, 2.24) is 4.90 Å². The molecule has 1 saturated carbocycles. The Labute approximate surface area is 125 Å². The predicted octanol–water partition coefficient (Wildman–Crippen LogP) is 3.01. The third-order valence-corrected chi connectivity index (χ3v) is 4.43. The number of ether oxygens (including phenoxy) is 2. The second-order valence-corrected chi connectivity index (χ2v) is 5.95. The molecule has 0 radical (unpaired) electrons. The minimum atomic E-state index is 0.464. The van der Waals surface area contributed by atoms with Crippen molar-refractivity contribution < 1.29 is 9.47 Å². The lowest BCUT2D eigenvalue weighted by Gasteiger charge is -2.18. The van der Waals surface area contributed by atoms with Gasteiger partial charge in [-0.25, -0.2) is 0 Å². The number of likely N-dealkylation sites (tertiary alicyclic amines) is 1. The zero-order chi connectivity index (χ0) is 14.1. The summed E-state index contributed by atoms with van der Waals surface area (Å²) in [5.74, 6) is 1.37. The van der Waals surface area contributed by atoms with E-state index in [4.69, 9.17) is 21.1 Å². The quantitative estimate of drug-likeness (QED) is 0.906. The van der Waals surface area contributed by atoms with E-state index in [1.807, 2.05) is 6.07 Å². The van der Waals surface area contributed by atoms with Crippen LogP contribution >= 0.6 is 11.6 Å². The minimum Gasteiger partial charge on any atom is -0.493 e. The number of anilines is 1. The number of nitrogens with zero attached hydrogens (tertiary/aromatic N) is 1. The van der Waals surface area contributed by atoms with Gasteiger partial charge in [0.05, 0.1) is 24.9 Å². The van der Waals surface area contributed by atoms with Crippen LogP contribution in [0.15, 0.2) is 12.1 Å². The Hall–Kier alpha value is -1.13. The Morgan fingerprint density at radius 3 is 2.50 bits per heavy atom. The summed E-state index contributed by atoms with van der Waals surface area (Å²) in [4.78, 5) is 2.58. The van der Waals surface area contributed by atoms with Gasteiger partial charge in [0, 0.05) is 37.3 Å². The number of hydrogen-bond donors (Lipinski definition) is 1. The smallest absolute Gasteiger partial charge is 0.162 e. The maximum atomic E-state index is 6.32. The average molecular weight is 297 g/mol. The van der Waals surface area contributed by atoms with Gasteiger partial charge in [0.25, 0.3) is 0 Å². The van der Waals surface area contributed by atoms with Gasteiger partial charge in [-0.3, -0.25) is 4.90 Å². The predicted molar refractivity (Wildman–Crippen MR) is 81.2 cm³/mol. The van der Waals surface area contributed by atoms with Crippen LogP contribution in [0.3, 0.4) is 0 Å². The van der Waals surface area contributed by atoms with E-state index in [-0.39, 0.29) is 0 Å². The van der Waals surface area contributed by atoms with Crippen LogP contribution in [0.25, 0.3) is 0 Å². The summed E-state index contributed by atoms with van der Waals surface area (Å²) >= 11 is 6.32. The van der Waals surface area contributed by atoms with Crippen LogP contribution < -0.4 is 14.8 Å². The standard InChI is InChI=1S/C15H21ClN2O2/c1-19-14-7-12(16)13(8-15(14)20-2)17-10-5-6-18(9-10)11-3-4-11/h7-8,10-11,17H,3-6,9H2,1-2H3. The van der Waals surface area contributed by atoms with Crippen molar-refractivity contribution in [2.75, 3.05) is 32.6 Å². The molecule has 3 rings (SSSR count). The fourth-order valence-corrected chi connectivity index (χ4v) is 3.07. The van der Waals surface area contributed by atoms with Gasteiger partial charge in [-0.05, 0) is 19.3 Å². The van der Waals surface area contributed by atoms with Crippen LogP contribution in [-0.2, 0) is 0 Å². The van der Waals surface area contributed by atoms with Gasteiger partial charge >= 0.3 is 0 Å². The van der Waals surface area contributed by atoms with Gasteiger partial charge in [-0.1, -0.05) is 11.6 Å². The summed E-state index contributed by atoms with van der Waals surface area (Å²) in [7, 11) is 3.26. The lowest BCUT2D eigenvalue weighted by molar-refractivity contribution is 0.326. The first-order chi connectivity index (χ1) is 9.71. The molecule has 0 spiro atoms. The molecule has 1 N–H and O–H groups in total. The molecule has 1 atom stereocenters. The lowest BCUT2D eigenvalue weighted by Crippen LogP contribution is -2.27. The topological polar surface area (TPSA) is 33.7 Å². The summed E-state index contributed by atoms with van der Waals surface area (Å²) in [6, 6.07) is 5.02. The van der Waals surface area contributed by atoms with Crippen molar-refractivity contribution in [3.63, 3.8) is 0 Å². The zero-order valence-electron chi connectivity index (χ0n) is 12.0. The molecule has 1 aliphatic heterocycles. The van der Waals surface area contributed by atoms with Gasteiger partial charge in [-0.15, -0.1) is 0 Å². The van der Waals surface area contributed by atoms with E-state index >= 15 is 0 Å². The van der Waals surface area contributed by atoms with Crippen LogP contribution in [0.2, 0.25) is 5.02 Å². The molecule has 1 unspecified atom stereocenters. The van der Waals surface area contributed by atoms with Gasteiger partial charge in [0.1, 0.15) is 0 Å². The first-order valence-corrected chi connectivity index (χ1v) is 7.51. The Morgan fingerprint density at radius 2 is 1.85 bits per heavy atom. The molecule has 0 bridgehead atoms. The summed E-state index contributed by atoms with van der Waals surface area (Å²) in [6.07, 6.45) is 3.90. The molecule has 20 heavy (non-hydrogen) atoms. The van der Waals surface area contributed by atoms with Gasteiger partial charge < -0.3 is 14.8 Å². The maximum Gasteiger partial charge on any atom is 0.162 e. The molecule has 4 nitrogen and oxygen atoms in total. The van der Waals surface area contributed by atoms with Crippen LogP contribution in [0.1, 0.15) is 19.3 Å². The highest BCUT2D eigenvalue weighted by Crippen LogP contribution is 2.37. The summed E-state index contributed by atoms with van der Waals surface area (Å²) in [5, 5.41) is 4.21. The summed E-state index contributed by atoms with van der Waals surface area (Å²) in [5.41, 5.74) is 0.923. The van der Waals surface area contributed by atoms with E-state index in [0.29, 0.717) is 22.6 Å². The van der Waals surface area contributed by atoms with Crippen molar-refractivity contribution in [3.05, 3.63) is 17.2 Å². The molecule has 1 aliphatic carbocycles. The van der Waals surface area contributed by atoms with E-state index in [2.05, 4.69) is 10.2 Å². The molecule has 1 aromatic carbocycles. The summed E-state index contributed by atoms with van der Waals surface area (Å²) < 4.78 is 10.6. The van der Waals surface area contributed by atoms with Gasteiger partial charge in [0.15, 0.2) is 11.5 Å². The summed E-state index contributed by atoms with van der Waals surface area (Å²) in [6.45, 7) is 2.29. The van der Waals surface area contributed by atoms with Crippen molar-refractivity contribution in [3.8, 4) is 11.5 Å². The maximum absolute atomic E-state index is 6.32. The minimum absolute atomic E-state index is 0.464. The van der Waals surface area contributed by atoms with E-state index in [0.717, 1.165) is 18.3 Å². The largest absolute Gasteiger partial charge is 0.493 e. The Balaban J connectivity index is 1.70. The van der Waals surface area contributed by atoms with E-state index in [1.54, 1.807) is 20.3 Å². The highest BCUT2D eigenvalue weighted by Gasteiger charge is 2.34. The molecule has 110 valence electrons. The SMILES string of the molecule is COc1cc(Cl)c(NC2CCN(C3CC3)C2)cc1OC. The van der Waals surface area contributed by atoms with Crippen molar-refractivity contribution >= 4 is 17.3 Å². The highest BCUT2D eigenvalue weighted by molar-refractivity contribution is 6.33. The second-order valence-electron chi connectivity index (χ2n) is 5.54. The molecular weight excluding hydrogens is 276 g/mol.